The van der Waals surface area contributed by atoms with Gasteiger partial charge in [0.2, 0.25) is 0 Å². The molecule has 0 spiro atoms. The maximum Gasteiger partial charge on any atom is 0.330 e. The van der Waals surface area contributed by atoms with E-state index in [2.05, 4.69) is 31.6 Å². The van der Waals surface area contributed by atoms with Crippen molar-refractivity contribution in [3.8, 4) is 0 Å². The predicted molar refractivity (Wildman–Crippen MR) is 87.1 cm³/mol. The number of methoxy groups -OCH3 is 1. The van der Waals surface area contributed by atoms with Crippen LogP contribution in [0.15, 0.2) is 23.8 Å². The summed E-state index contributed by atoms with van der Waals surface area (Å²) in [6, 6.07) is 0. The summed E-state index contributed by atoms with van der Waals surface area (Å²) in [5, 5.41) is 0. The van der Waals surface area contributed by atoms with Gasteiger partial charge in [-0.2, -0.15) is 0 Å². The van der Waals surface area contributed by atoms with Crippen LogP contribution in [-0.2, 0) is 9.53 Å². The van der Waals surface area contributed by atoms with Gasteiger partial charge in [-0.1, -0.05) is 38.8 Å². The minimum absolute atomic E-state index is 0.0462. The number of ether oxygens (including phenoxy) is 1. The molecule has 0 amide bonds. The summed E-state index contributed by atoms with van der Waals surface area (Å²) in [5.74, 6) is 0.336. The Kier molecular flexibility index (Phi) is 9.66. The first-order valence-corrected chi connectivity index (χ1v) is 7.80. The van der Waals surface area contributed by atoms with Gasteiger partial charge < -0.3 is 4.74 Å². The van der Waals surface area contributed by atoms with Gasteiger partial charge in [0, 0.05) is 11.0 Å². The Balaban J connectivity index is 3.96. The number of allylic oxidation sites excluding steroid dienone is 3. The highest BCUT2D eigenvalue weighted by atomic mass is 35.5. The molecule has 2 nitrogen and oxygen atoms in total. The van der Waals surface area contributed by atoms with Gasteiger partial charge in [0.1, 0.15) is 0 Å². The second-order valence-electron chi connectivity index (χ2n) is 5.81. The molecule has 20 heavy (non-hydrogen) atoms. The van der Waals surface area contributed by atoms with Gasteiger partial charge in [-0.3, -0.25) is 0 Å². The summed E-state index contributed by atoms with van der Waals surface area (Å²) >= 11 is 6.35. The zero-order valence-corrected chi connectivity index (χ0v) is 14.3. The maximum atomic E-state index is 11.0. The molecule has 0 radical (unpaired) electrons. The Hall–Kier alpha value is -0.760. The molecule has 0 N–H and O–H groups in total. The van der Waals surface area contributed by atoms with Crippen LogP contribution in [0.4, 0.5) is 0 Å². The van der Waals surface area contributed by atoms with E-state index in [1.165, 1.54) is 26.0 Å². The minimum Gasteiger partial charge on any atom is -0.466 e. The molecule has 0 aromatic heterocycles. The zero-order valence-electron chi connectivity index (χ0n) is 13.5. The van der Waals surface area contributed by atoms with Crippen molar-refractivity contribution in [1.29, 1.82) is 0 Å². The van der Waals surface area contributed by atoms with E-state index in [1.807, 2.05) is 13.0 Å². The first kappa shape index (κ1) is 19.2. The molecule has 0 aliphatic rings. The highest BCUT2D eigenvalue weighted by molar-refractivity contribution is 6.23. The average molecular weight is 301 g/mol. The van der Waals surface area contributed by atoms with Gasteiger partial charge >= 0.3 is 5.97 Å². The van der Waals surface area contributed by atoms with Crippen LogP contribution >= 0.6 is 11.6 Å². The van der Waals surface area contributed by atoms with E-state index in [4.69, 9.17) is 11.6 Å². The summed E-state index contributed by atoms with van der Waals surface area (Å²) in [6.07, 6.45) is 11.1. The van der Waals surface area contributed by atoms with Crippen molar-refractivity contribution >= 4 is 17.6 Å². The van der Waals surface area contributed by atoms with E-state index in [9.17, 15) is 4.79 Å². The lowest BCUT2D eigenvalue weighted by Crippen LogP contribution is -2.14. The molecule has 2 unspecified atom stereocenters. The van der Waals surface area contributed by atoms with Gasteiger partial charge in [0.15, 0.2) is 0 Å². The van der Waals surface area contributed by atoms with Crippen LogP contribution in [0.3, 0.4) is 0 Å². The summed E-state index contributed by atoms with van der Waals surface area (Å²) in [7, 11) is 1.39. The quantitative estimate of drug-likeness (QED) is 0.251. The number of rotatable bonds is 9. The van der Waals surface area contributed by atoms with E-state index in [0.717, 1.165) is 24.8 Å². The molecule has 116 valence electrons. The topological polar surface area (TPSA) is 26.3 Å². The van der Waals surface area contributed by atoms with E-state index in [-0.39, 0.29) is 10.8 Å². The third-order valence-corrected chi connectivity index (χ3v) is 4.05. The molecule has 0 saturated heterocycles. The maximum absolute atomic E-state index is 11.0. The first-order valence-electron chi connectivity index (χ1n) is 7.42. The van der Waals surface area contributed by atoms with Crippen molar-refractivity contribution in [1.82, 2.24) is 0 Å². The SMILES string of the molecule is CCC(C)(Cl)CCCC(C)CC=CC(C)=CC(=O)OC. The lowest BCUT2D eigenvalue weighted by atomic mass is 9.94. The van der Waals surface area contributed by atoms with E-state index in [1.54, 1.807) is 0 Å². The Morgan fingerprint density at radius 2 is 2.10 bits per heavy atom. The predicted octanol–water partition coefficient (Wildman–Crippen LogP) is 5.27. The largest absolute Gasteiger partial charge is 0.466 e. The Morgan fingerprint density at radius 3 is 2.65 bits per heavy atom. The van der Waals surface area contributed by atoms with Gasteiger partial charge in [0.25, 0.3) is 0 Å². The molecular weight excluding hydrogens is 272 g/mol. The van der Waals surface area contributed by atoms with Crippen molar-refractivity contribution in [2.75, 3.05) is 7.11 Å². The van der Waals surface area contributed by atoms with Gasteiger partial charge in [0.05, 0.1) is 7.11 Å². The normalized spacial score (nSPS) is 17.0. The Morgan fingerprint density at radius 1 is 1.45 bits per heavy atom. The van der Waals surface area contributed by atoms with Crippen molar-refractivity contribution in [2.45, 2.75) is 64.7 Å². The van der Waals surface area contributed by atoms with Gasteiger partial charge in [-0.05, 0) is 44.6 Å². The molecule has 0 heterocycles. The number of hydrogen-bond donors (Lipinski definition) is 0. The van der Waals surface area contributed by atoms with Crippen LogP contribution in [0.1, 0.15) is 59.8 Å². The molecule has 0 bridgehead atoms. The number of hydrogen-bond acceptors (Lipinski definition) is 2. The molecule has 2 atom stereocenters. The summed E-state index contributed by atoms with van der Waals surface area (Å²) in [6.45, 7) is 8.40. The van der Waals surface area contributed by atoms with Crippen LogP contribution in [0, 0.1) is 5.92 Å². The summed E-state index contributed by atoms with van der Waals surface area (Å²) < 4.78 is 4.58. The van der Waals surface area contributed by atoms with E-state index < -0.39 is 0 Å². The van der Waals surface area contributed by atoms with Crippen LogP contribution in [0.25, 0.3) is 0 Å². The number of carbonyl (C=O) groups is 1. The monoisotopic (exact) mass is 300 g/mol. The standard InChI is InChI=1S/C17H29ClO2/c1-6-17(4,18)12-8-11-14(2)9-7-10-15(3)13-16(19)20-5/h7,10,13-14H,6,8-9,11-12H2,1-5H3. The van der Waals surface area contributed by atoms with Crippen molar-refractivity contribution in [3.05, 3.63) is 23.8 Å². The second kappa shape index (κ2) is 10.0. The lowest BCUT2D eigenvalue weighted by Gasteiger charge is -2.20. The van der Waals surface area contributed by atoms with Crippen LogP contribution in [-0.4, -0.2) is 18.0 Å². The zero-order chi connectivity index (χ0) is 15.6. The summed E-state index contributed by atoms with van der Waals surface area (Å²) in [4.78, 5) is 11.0. The molecule has 3 heteroatoms. The molecule has 0 saturated carbocycles. The second-order valence-corrected chi connectivity index (χ2v) is 6.73. The fourth-order valence-electron chi connectivity index (χ4n) is 1.89. The molecule has 0 aromatic rings. The number of halogens is 1. The lowest BCUT2D eigenvalue weighted by molar-refractivity contribution is -0.134. The molecule has 0 aromatic carbocycles. The van der Waals surface area contributed by atoms with Crippen LogP contribution in [0.5, 0.6) is 0 Å². The Labute approximate surface area is 129 Å². The minimum atomic E-state index is -0.304. The molecule has 0 fully saturated rings. The summed E-state index contributed by atoms with van der Waals surface area (Å²) in [5.41, 5.74) is 0.920. The average Bonchev–Trinajstić information content (AvgIpc) is 2.38. The number of carbonyl (C=O) groups excluding carboxylic acids is 1. The fourth-order valence-corrected chi connectivity index (χ4v) is 2.03. The third kappa shape index (κ3) is 10.1. The molecule has 0 rings (SSSR count). The molecular formula is C17H29ClO2. The highest BCUT2D eigenvalue weighted by Crippen LogP contribution is 2.27. The van der Waals surface area contributed by atoms with Crippen LogP contribution < -0.4 is 0 Å². The highest BCUT2D eigenvalue weighted by Gasteiger charge is 2.17. The smallest absolute Gasteiger partial charge is 0.330 e. The van der Waals surface area contributed by atoms with E-state index in [0.29, 0.717) is 5.92 Å². The van der Waals surface area contributed by atoms with Gasteiger partial charge in [-0.15, -0.1) is 11.6 Å². The van der Waals surface area contributed by atoms with Gasteiger partial charge in [-0.25, -0.2) is 4.79 Å². The number of esters is 1. The van der Waals surface area contributed by atoms with Crippen molar-refractivity contribution in [3.63, 3.8) is 0 Å². The van der Waals surface area contributed by atoms with Crippen molar-refractivity contribution < 1.29 is 9.53 Å². The Bertz CT molecular complexity index is 343. The van der Waals surface area contributed by atoms with Crippen molar-refractivity contribution in [2.24, 2.45) is 5.92 Å². The number of alkyl halides is 1. The fraction of sp³-hybridized carbons (Fsp3) is 0.706. The van der Waals surface area contributed by atoms with E-state index >= 15 is 0 Å². The van der Waals surface area contributed by atoms with Crippen LogP contribution in [0.2, 0.25) is 0 Å². The molecule has 0 aliphatic heterocycles. The first-order chi connectivity index (χ1) is 9.30. The third-order valence-electron chi connectivity index (χ3n) is 3.60. The molecule has 0 aliphatic carbocycles.